The number of para-hydroxylation sites is 1. The smallest absolute Gasteiger partial charge is 0.258 e. The van der Waals surface area contributed by atoms with Crippen molar-refractivity contribution >= 4 is 10.9 Å². The minimum absolute atomic E-state index is 0.0784. The lowest BCUT2D eigenvalue weighted by molar-refractivity contribution is 0.405. The summed E-state index contributed by atoms with van der Waals surface area (Å²) in [6, 6.07) is 16.9. The number of aromatic amines is 1. The molecule has 4 nitrogen and oxygen atoms in total. The molecular formula is C25H31N3O. The van der Waals surface area contributed by atoms with Crippen LogP contribution in [-0.2, 0) is 6.54 Å². The summed E-state index contributed by atoms with van der Waals surface area (Å²) < 4.78 is 0. The molecule has 0 spiro atoms. The molecule has 1 unspecified atom stereocenters. The molecule has 0 radical (unpaired) electrons. The first kappa shape index (κ1) is 19.8. The number of hydrogen-bond donors (Lipinski definition) is 2. The molecule has 4 rings (SSSR count). The number of fused-ring (bicyclic) bond motifs is 1. The molecule has 3 aromatic rings. The zero-order chi connectivity index (χ0) is 20.2. The van der Waals surface area contributed by atoms with Crippen LogP contribution < -0.4 is 10.9 Å². The quantitative estimate of drug-likeness (QED) is 0.589. The summed E-state index contributed by atoms with van der Waals surface area (Å²) in [5.41, 5.74) is 3.44. The molecule has 1 aliphatic rings. The predicted molar refractivity (Wildman–Crippen MR) is 119 cm³/mol. The number of benzene rings is 2. The Hall–Kier alpha value is -2.46. The van der Waals surface area contributed by atoms with Gasteiger partial charge in [0, 0.05) is 6.04 Å². The van der Waals surface area contributed by atoms with Gasteiger partial charge in [0.05, 0.1) is 17.4 Å². The zero-order valence-corrected chi connectivity index (χ0v) is 17.4. The number of nitrogens with one attached hydrogen (secondary N) is 2. The van der Waals surface area contributed by atoms with E-state index in [1.807, 2.05) is 24.3 Å². The van der Waals surface area contributed by atoms with Crippen molar-refractivity contribution in [1.29, 1.82) is 0 Å². The average molecular weight is 390 g/mol. The van der Waals surface area contributed by atoms with E-state index in [9.17, 15) is 4.79 Å². The molecule has 2 N–H and O–H groups in total. The van der Waals surface area contributed by atoms with Crippen LogP contribution in [0.25, 0.3) is 10.9 Å². The number of hydrogen-bond acceptors (Lipinski definition) is 3. The second-order valence-corrected chi connectivity index (χ2v) is 8.63. The molecule has 1 heterocycles. The monoisotopic (exact) mass is 389 g/mol. The first-order valence-electron chi connectivity index (χ1n) is 10.9. The summed E-state index contributed by atoms with van der Waals surface area (Å²) in [4.78, 5) is 19.8. The van der Waals surface area contributed by atoms with Gasteiger partial charge in [-0.2, -0.15) is 0 Å². The molecule has 0 aliphatic heterocycles. The maximum absolute atomic E-state index is 12.3. The fraction of sp³-hybridized carbons (Fsp3) is 0.440. The van der Waals surface area contributed by atoms with Crippen molar-refractivity contribution in [3.8, 4) is 0 Å². The zero-order valence-electron chi connectivity index (χ0n) is 17.4. The van der Waals surface area contributed by atoms with Crippen LogP contribution >= 0.6 is 0 Å². The van der Waals surface area contributed by atoms with Gasteiger partial charge in [-0.3, -0.25) is 4.79 Å². The van der Waals surface area contributed by atoms with E-state index in [4.69, 9.17) is 0 Å². The summed E-state index contributed by atoms with van der Waals surface area (Å²) in [5.74, 6) is 1.84. The van der Waals surface area contributed by atoms with Crippen LogP contribution in [-0.4, -0.2) is 9.97 Å². The van der Waals surface area contributed by atoms with Gasteiger partial charge < -0.3 is 10.3 Å². The Morgan fingerprint density at radius 1 is 1.03 bits per heavy atom. The molecule has 0 amide bonds. The second-order valence-electron chi connectivity index (χ2n) is 8.63. The molecular weight excluding hydrogens is 358 g/mol. The van der Waals surface area contributed by atoms with E-state index >= 15 is 0 Å². The SMILES string of the molecule is CC(C)C(NCc1nc2ccccc2c(=O)[nH]1)c1ccc(C2CCCCC2)cc1. The molecule has 2 aromatic carbocycles. The van der Waals surface area contributed by atoms with Gasteiger partial charge in [0.25, 0.3) is 5.56 Å². The van der Waals surface area contributed by atoms with Gasteiger partial charge in [-0.05, 0) is 47.9 Å². The van der Waals surface area contributed by atoms with E-state index in [0.29, 0.717) is 23.7 Å². The van der Waals surface area contributed by atoms with Gasteiger partial charge in [0.2, 0.25) is 0 Å². The minimum Gasteiger partial charge on any atom is -0.309 e. The highest BCUT2D eigenvalue weighted by atomic mass is 16.1. The summed E-state index contributed by atoms with van der Waals surface area (Å²) in [5, 5.41) is 4.24. The Morgan fingerprint density at radius 2 is 1.76 bits per heavy atom. The van der Waals surface area contributed by atoms with Crippen LogP contribution in [0.4, 0.5) is 0 Å². The summed E-state index contributed by atoms with van der Waals surface area (Å²) in [6.45, 7) is 4.99. The second kappa shape index (κ2) is 8.91. The van der Waals surface area contributed by atoms with Crippen molar-refractivity contribution in [2.75, 3.05) is 0 Å². The fourth-order valence-electron chi connectivity index (χ4n) is 4.58. The third kappa shape index (κ3) is 4.59. The predicted octanol–water partition coefficient (Wildman–Crippen LogP) is 5.46. The molecule has 1 fully saturated rings. The van der Waals surface area contributed by atoms with Crippen molar-refractivity contribution in [2.45, 2.75) is 64.5 Å². The van der Waals surface area contributed by atoms with Crippen LogP contribution in [0.5, 0.6) is 0 Å². The Kier molecular flexibility index (Phi) is 6.10. The molecule has 1 aliphatic carbocycles. The molecule has 1 atom stereocenters. The lowest BCUT2D eigenvalue weighted by Crippen LogP contribution is -2.27. The van der Waals surface area contributed by atoms with E-state index in [0.717, 1.165) is 11.4 Å². The summed E-state index contributed by atoms with van der Waals surface area (Å²) >= 11 is 0. The number of rotatable bonds is 6. The van der Waals surface area contributed by atoms with Crippen molar-refractivity contribution in [1.82, 2.24) is 15.3 Å². The molecule has 152 valence electrons. The van der Waals surface area contributed by atoms with Crippen LogP contribution in [0.1, 0.15) is 74.9 Å². The third-order valence-electron chi connectivity index (χ3n) is 6.19. The van der Waals surface area contributed by atoms with Gasteiger partial charge in [0.15, 0.2) is 0 Å². The molecule has 29 heavy (non-hydrogen) atoms. The number of aromatic nitrogens is 2. The molecule has 0 bridgehead atoms. The largest absolute Gasteiger partial charge is 0.309 e. The Bertz CT molecular complexity index is 1000. The van der Waals surface area contributed by atoms with Gasteiger partial charge in [-0.25, -0.2) is 4.98 Å². The van der Waals surface area contributed by atoms with E-state index in [2.05, 4.69) is 53.4 Å². The van der Waals surface area contributed by atoms with Crippen LogP contribution in [0.15, 0.2) is 53.3 Å². The molecule has 1 saturated carbocycles. The first-order chi connectivity index (χ1) is 14.1. The lowest BCUT2D eigenvalue weighted by atomic mass is 9.83. The van der Waals surface area contributed by atoms with Gasteiger partial charge in [-0.15, -0.1) is 0 Å². The fourth-order valence-corrected chi connectivity index (χ4v) is 4.58. The van der Waals surface area contributed by atoms with Gasteiger partial charge in [0.1, 0.15) is 5.82 Å². The Balaban J connectivity index is 1.49. The van der Waals surface area contributed by atoms with Gasteiger partial charge in [-0.1, -0.05) is 69.5 Å². The summed E-state index contributed by atoms with van der Waals surface area (Å²) in [7, 11) is 0. The van der Waals surface area contributed by atoms with E-state index in [1.54, 1.807) is 0 Å². The highest BCUT2D eigenvalue weighted by Crippen LogP contribution is 2.33. The van der Waals surface area contributed by atoms with Crippen molar-refractivity contribution in [2.24, 2.45) is 5.92 Å². The first-order valence-corrected chi connectivity index (χ1v) is 10.9. The highest BCUT2D eigenvalue weighted by Gasteiger charge is 2.19. The van der Waals surface area contributed by atoms with E-state index in [-0.39, 0.29) is 11.6 Å². The Labute approximate surface area is 172 Å². The molecule has 4 heteroatoms. The van der Waals surface area contributed by atoms with E-state index < -0.39 is 0 Å². The average Bonchev–Trinajstić information content (AvgIpc) is 2.75. The lowest BCUT2D eigenvalue weighted by Gasteiger charge is -2.25. The van der Waals surface area contributed by atoms with Gasteiger partial charge >= 0.3 is 0 Å². The van der Waals surface area contributed by atoms with Crippen LogP contribution in [0.2, 0.25) is 0 Å². The topological polar surface area (TPSA) is 57.8 Å². The maximum Gasteiger partial charge on any atom is 0.258 e. The number of nitrogens with zero attached hydrogens (tertiary/aromatic N) is 1. The normalized spacial score (nSPS) is 16.4. The summed E-state index contributed by atoms with van der Waals surface area (Å²) in [6.07, 6.45) is 6.76. The third-order valence-corrected chi connectivity index (χ3v) is 6.19. The highest BCUT2D eigenvalue weighted by molar-refractivity contribution is 5.77. The number of H-pyrrole nitrogens is 1. The van der Waals surface area contributed by atoms with Crippen LogP contribution in [0.3, 0.4) is 0 Å². The maximum atomic E-state index is 12.3. The standard InChI is InChI=1S/C25H31N3O/c1-17(2)24(20-14-12-19(13-15-20)18-8-4-3-5-9-18)26-16-23-27-22-11-7-6-10-21(22)25(29)28-23/h6-7,10-15,17-18,24,26H,3-5,8-9,16H2,1-2H3,(H,27,28,29). The van der Waals surface area contributed by atoms with Crippen molar-refractivity contribution in [3.05, 3.63) is 75.8 Å². The van der Waals surface area contributed by atoms with E-state index in [1.165, 1.54) is 43.2 Å². The Morgan fingerprint density at radius 3 is 2.48 bits per heavy atom. The van der Waals surface area contributed by atoms with Crippen molar-refractivity contribution < 1.29 is 0 Å². The molecule has 1 aromatic heterocycles. The van der Waals surface area contributed by atoms with Crippen molar-refractivity contribution in [3.63, 3.8) is 0 Å². The minimum atomic E-state index is -0.0784. The molecule has 0 saturated heterocycles. The van der Waals surface area contributed by atoms with Crippen LogP contribution in [0, 0.1) is 5.92 Å².